The molecule has 1 aliphatic rings. The van der Waals surface area contributed by atoms with Crippen LogP contribution in [0.2, 0.25) is 0 Å². The van der Waals surface area contributed by atoms with Crippen LogP contribution in [0.15, 0.2) is 48.5 Å². The highest BCUT2D eigenvalue weighted by molar-refractivity contribution is 5.96. The van der Waals surface area contributed by atoms with E-state index in [9.17, 15) is 27.2 Å². The fourth-order valence-corrected chi connectivity index (χ4v) is 3.16. The standard InChI is InChI=1S/C20H18F4N2O2/c21-16-6-8-17(9-7-16)25-18(27)14-4-2-10-26(12-14)19(28)13-3-1-5-15(11-13)20(22,23)24/h1,3,5-9,11,14H,2,4,10,12H2,(H,25,27). The molecule has 0 radical (unpaired) electrons. The van der Waals surface area contributed by atoms with E-state index in [1.807, 2.05) is 0 Å². The second-order valence-electron chi connectivity index (χ2n) is 6.67. The summed E-state index contributed by atoms with van der Waals surface area (Å²) in [5.74, 6) is -1.76. The number of amides is 2. The number of benzene rings is 2. The highest BCUT2D eigenvalue weighted by Gasteiger charge is 2.33. The van der Waals surface area contributed by atoms with Crippen molar-refractivity contribution < 1.29 is 27.2 Å². The maximum atomic E-state index is 13.0. The smallest absolute Gasteiger partial charge is 0.338 e. The van der Waals surface area contributed by atoms with Crippen molar-refractivity contribution >= 4 is 17.5 Å². The summed E-state index contributed by atoms with van der Waals surface area (Å²) < 4.78 is 51.6. The third-order valence-corrected chi connectivity index (χ3v) is 4.63. The summed E-state index contributed by atoms with van der Waals surface area (Å²) in [5, 5.41) is 2.67. The molecule has 0 aromatic heterocycles. The number of carbonyl (C=O) groups excluding carboxylic acids is 2. The normalized spacial score (nSPS) is 17.3. The number of alkyl halides is 3. The van der Waals surface area contributed by atoms with Crippen LogP contribution in [0, 0.1) is 11.7 Å². The molecule has 28 heavy (non-hydrogen) atoms. The van der Waals surface area contributed by atoms with Gasteiger partial charge in [0.05, 0.1) is 11.5 Å². The Morgan fingerprint density at radius 1 is 1.07 bits per heavy atom. The molecule has 1 N–H and O–H groups in total. The van der Waals surface area contributed by atoms with Crippen molar-refractivity contribution in [2.75, 3.05) is 18.4 Å². The number of carbonyl (C=O) groups is 2. The Morgan fingerprint density at radius 2 is 1.79 bits per heavy atom. The van der Waals surface area contributed by atoms with E-state index in [-0.39, 0.29) is 18.0 Å². The van der Waals surface area contributed by atoms with Gasteiger partial charge < -0.3 is 10.2 Å². The van der Waals surface area contributed by atoms with Crippen LogP contribution in [0.1, 0.15) is 28.8 Å². The van der Waals surface area contributed by atoms with E-state index >= 15 is 0 Å². The molecule has 8 heteroatoms. The highest BCUT2D eigenvalue weighted by atomic mass is 19.4. The summed E-state index contributed by atoms with van der Waals surface area (Å²) in [6, 6.07) is 9.57. The summed E-state index contributed by atoms with van der Waals surface area (Å²) in [5.41, 5.74) is -0.511. The van der Waals surface area contributed by atoms with Gasteiger partial charge in [-0.1, -0.05) is 6.07 Å². The number of rotatable bonds is 3. The van der Waals surface area contributed by atoms with Gasteiger partial charge in [-0.25, -0.2) is 4.39 Å². The number of piperidine rings is 1. The minimum absolute atomic E-state index is 0.0607. The van der Waals surface area contributed by atoms with Crippen LogP contribution >= 0.6 is 0 Å². The predicted molar refractivity (Wildman–Crippen MR) is 95.1 cm³/mol. The van der Waals surface area contributed by atoms with Gasteiger partial charge in [0.1, 0.15) is 5.82 Å². The van der Waals surface area contributed by atoms with Gasteiger partial charge in [-0.05, 0) is 55.3 Å². The quantitative estimate of drug-likeness (QED) is 0.788. The summed E-state index contributed by atoms with van der Waals surface area (Å²) in [4.78, 5) is 26.5. The lowest BCUT2D eigenvalue weighted by molar-refractivity contribution is -0.137. The number of hydrogen-bond donors (Lipinski definition) is 1. The SMILES string of the molecule is O=C(Nc1ccc(F)cc1)C1CCCN(C(=O)c2cccc(C(F)(F)F)c2)C1. The molecule has 2 aromatic carbocycles. The van der Waals surface area contributed by atoms with Crippen LogP contribution in [-0.4, -0.2) is 29.8 Å². The summed E-state index contributed by atoms with van der Waals surface area (Å²) >= 11 is 0. The Hall–Kier alpha value is -2.90. The largest absolute Gasteiger partial charge is 0.416 e. The first-order valence-corrected chi connectivity index (χ1v) is 8.77. The minimum Gasteiger partial charge on any atom is -0.338 e. The molecular formula is C20H18F4N2O2. The maximum Gasteiger partial charge on any atom is 0.416 e. The lowest BCUT2D eigenvalue weighted by Crippen LogP contribution is -2.43. The van der Waals surface area contributed by atoms with E-state index in [1.165, 1.54) is 41.3 Å². The molecule has 1 heterocycles. The first-order valence-electron chi connectivity index (χ1n) is 8.77. The topological polar surface area (TPSA) is 49.4 Å². The van der Waals surface area contributed by atoms with Crippen molar-refractivity contribution in [3.05, 3.63) is 65.5 Å². The number of hydrogen-bond acceptors (Lipinski definition) is 2. The predicted octanol–water partition coefficient (Wildman–Crippen LogP) is 4.34. The molecule has 148 valence electrons. The fourth-order valence-electron chi connectivity index (χ4n) is 3.16. The summed E-state index contributed by atoms with van der Waals surface area (Å²) in [7, 11) is 0. The molecule has 0 saturated carbocycles. The number of nitrogens with one attached hydrogen (secondary N) is 1. The van der Waals surface area contributed by atoms with E-state index in [2.05, 4.69) is 5.32 Å². The molecule has 4 nitrogen and oxygen atoms in total. The van der Waals surface area contributed by atoms with Gasteiger partial charge in [0.25, 0.3) is 5.91 Å². The molecule has 0 aliphatic carbocycles. The molecule has 2 amide bonds. The average molecular weight is 394 g/mol. The maximum absolute atomic E-state index is 13.0. The van der Waals surface area contributed by atoms with Crippen LogP contribution in [0.5, 0.6) is 0 Å². The Kier molecular flexibility index (Phi) is 5.67. The first kappa shape index (κ1) is 19.9. The minimum atomic E-state index is -4.53. The Bertz CT molecular complexity index is 865. The molecule has 0 spiro atoms. The second-order valence-corrected chi connectivity index (χ2v) is 6.67. The lowest BCUT2D eigenvalue weighted by atomic mass is 9.96. The third-order valence-electron chi connectivity index (χ3n) is 4.63. The molecule has 1 atom stereocenters. The van der Waals surface area contributed by atoms with Crippen molar-refractivity contribution in [1.29, 1.82) is 0 Å². The highest BCUT2D eigenvalue weighted by Crippen LogP contribution is 2.30. The molecule has 2 aromatic rings. The molecule has 1 fully saturated rings. The Labute approximate surface area is 159 Å². The number of halogens is 4. The number of nitrogens with zero attached hydrogens (tertiary/aromatic N) is 1. The monoisotopic (exact) mass is 394 g/mol. The van der Waals surface area contributed by atoms with Crippen LogP contribution in [0.4, 0.5) is 23.2 Å². The van der Waals surface area contributed by atoms with Crippen LogP contribution in [0.3, 0.4) is 0 Å². The van der Waals surface area contributed by atoms with Gasteiger partial charge in [-0.15, -0.1) is 0 Å². The zero-order valence-corrected chi connectivity index (χ0v) is 14.8. The van der Waals surface area contributed by atoms with Crippen LogP contribution < -0.4 is 5.32 Å². The van der Waals surface area contributed by atoms with Gasteiger partial charge in [0, 0.05) is 24.3 Å². The van der Waals surface area contributed by atoms with Gasteiger partial charge in [-0.2, -0.15) is 13.2 Å². The lowest BCUT2D eigenvalue weighted by Gasteiger charge is -2.32. The van der Waals surface area contributed by atoms with E-state index < -0.39 is 29.4 Å². The number of anilines is 1. The van der Waals surface area contributed by atoms with E-state index in [4.69, 9.17) is 0 Å². The molecule has 1 saturated heterocycles. The van der Waals surface area contributed by atoms with Gasteiger partial charge in [0.2, 0.25) is 5.91 Å². The van der Waals surface area contributed by atoms with E-state index in [1.54, 1.807) is 0 Å². The Balaban J connectivity index is 1.68. The van der Waals surface area contributed by atoms with Crippen molar-refractivity contribution in [1.82, 2.24) is 4.90 Å². The molecule has 0 bridgehead atoms. The van der Waals surface area contributed by atoms with Gasteiger partial charge in [-0.3, -0.25) is 9.59 Å². The zero-order valence-electron chi connectivity index (χ0n) is 14.8. The molecule has 1 unspecified atom stereocenters. The van der Waals surface area contributed by atoms with Crippen molar-refractivity contribution in [3.8, 4) is 0 Å². The van der Waals surface area contributed by atoms with Crippen LogP contribution in [0.25, 0.3) is 0 Å². The Morgan fingerprint density at radius 3 is 2.46 bits per heavy atom. The average Bonchev–Trinajstić information content (AvgIpc) is 2.68. The van der Waals surface area contributed by atoms with E-state index in [0.717, 1.165) is 12.1 Å². The van der Waals surface area contributed by atoms with Crippen LogP contribution in [-0.2, 0) is 11.0 Å². The summed E-state index contributed by atoms with van der Waals surface area (Å²) in [6.07, 6.45) is -3.42. The van der Waals surface area contributed by atoms with Crippen molar-refractivity contribution in [3.63, 3.8) is 0 Å². The zero-order chi connectivity index (χ0) is 20.3. The third kappa shape index (κ3) is 4.68. The number of likely N-dealkylation sites (tertiary alicyclic amines) is 1. The van der Waals surface area contributed by atoms with E-state index in [0.29, 0.717) is 25.1 Å². The fraction of sp³-hybridized carbons (Fsp3) is 0.300. The summed E-state index contributed by atoms with van der Waals surface area (Å²) in [6.45, 7) is 0.484. The molecule has 3 rings (SSSR count). The van der Waals surface area contributed by atoms with Gasteiger partial charge >= 0.3 is 6.18 Å². The second kappa shape index (κ2) is 8.00. The first-order chi connectivity index (χ1) is 13.2. The van der Waals surface area contributed by atoms with Crippen molar-refractivity contribution in [2.24, 2.45) is 5.92 Å². The van der Waals surface area contributed by atoms with Crippen molar-refractivity contribution in [2.45, 2.75) is 19.0 Å². The molecule has 1 aliphatic heterocycles. The molecular weight excluding hydrogens is 376 g/mol. The van der Waals surface area contributed by atoms with Gasteiger partial charge in [0.15, 0.2) is 0 Å².